The van der Waals surface area contributed by atoms with Gasteiger partial charge in [0.25, 0.3) is 11.8 Å². The van der Waals surface area contributed by atoms with Crippen LogP contribution in [-0.4, -0.2) is 83.8 Å². The number of nitrogens with two attached hydrogens (primary N) is 1. The van der Waals surface area contributed by atoms with Crippen molar-refractivity contribution in [3.8, 4) is 5.75 Å². The molecular formula is C37H43N5O11. The number of carbonyl (C=O) groups excluding carboxylic acids is 6. The van der Waals surface area contributed by atoms with Crippen LogP contribution >= 0.6 is 0 Å². The second-order valence-corrected chi connectivity index (χ2v) is 12.5. The lowest BCUT2D eigenvalue weighted by Crippen LogP contribution is -2.46. The van der Waals surface area contributed by atoms with Crippen LogP contribution in [0.25, 0.3) is 4.85 Å². The maximum absolute atomic E-state index is 13.5. The summed E-state index contributed by atoms with van der Waals surface area (Å²) in [7, 11) is 0. The number of amides is 5. The minimum atomic E-state index is -1.41. The van der Waals surface area contributed by atoms with Crippen LogP contribution in [0.5, 0.6) is 5.75 Å². The van der Waals surface area contributed by atoms with Gasteiger partial charge in [-0.1, -0.05) is 50.2 Å². The number of ether oxygens (including phenoxy) is 3. The molecule has 282 valence electrons. The van der Waals surface area contributed by atoms with Gasteiger partial charge in [-0.2, -0.15) is 0 Å². The number of urea groups is 1. The minimum Gasteiger partial charge on any atom is -0.451 e. The molecule has 0 aliphatic carbocycles. The SMILES string of the molecule is [C-]#[N+]c1ccc(OC2=CC(=O)N(CCOCCC(=O)C[C@H](C(=O)N[C@@H](CCCNC(N)=O)C(=O)Cc3ccc(COC(=O)O)cc3)C(C)C)C2=O)cc1. The van der Waals surface area contributed by atoms with Crippen molar-refractivity contribution >= 4 is 47.2 Å². The van der Waals surface area contributed by atoms with E-state index in [0.717, 1.165) is 11.0 Å². The molecular weight excluding hydrogens is 690 g/mol. The van der Waals surface area contributed by atoms with Gasteiger partial charge in [0.1, 0.15) is 18.1 Å². The van der Waals surface area contributed by atoms with Crippen LogP contribution in [0.2, 0.25) is 0 Å². The summed E-state index contributed by atoms with van der Waals surface area (Å²) < 4.78 is 15.6. The van der Waals surface area contributed by atoms with Crippen LogP contribution in [0.15, 0.2) is 60.4 Å². The standard InChI is InChI=1S/C37H43N5O11/c1-23(2)29(20-27(43)14-17-51-18-16-42-33(45)21-32(35(42)47)53-28-12-10-26(39-3)11-13-28)34(46)41-30(5-4-15-40-36(38)48)31(44)19-24-6-8-25(9-7-24)22-52-37(49)50/h6-13,21,23,29-30H,4-5,14-20,22H2,1-2H3,(H,41,46)(H,49,50)(H3,38,40,48)/t29-,30-/m0/s1. The summed E-state index contributed by atoms with van der Waals surface area (Å²) in [6.07, 6.45) is 0.0294. The zero-order valence-electron chi connectivity index (χ0n) is 29.5. The number of primary amides is 1. The van der Waals surface area contributed by atoms with Gasteiger partial charge in [0.2, 0.25) is 5.91 Å². The molecule has 2 aromatic carbocycles. The fraction of sp³-hybridized carbons (Fsp3) is 0.405. The third-order valence-electron chi connectivity index (χ3n) is 8.18. The Bertz CT molecular complexity index is 1720. The lowest BCUT2D eigenvalue weighted by molar-refractivity contribution is -0.139. The first-order valence-electron chi connectivity index (χ1n) is 16.9. The van der Waals surface area contributed by atoms with E-state index in [-0.39, 0.29) is 81.8 Å². The highest BCUT2D eigenvalue weighted by atomic mass is 16.7. The molecule has 0 saturated heterocycles. The fourth-order valence-electron chi connectivity index (χ4n) is 5.24. The molecule has 0 spiro atoms. The van der Waals surface area contributed by atoms with Crippen molar-refractivity contribution in [2.45, 2.75) is 58.6 Å². The Labute approximate surface area is 306 Å². The van der Waals surface area contributed by atoms with Crippen molar-refractivity contribution in [3.63, 3.8) is 0 Å². The molecule has 1 aliphatic heterocycles. The molecule has 3 rings (SSSR count). The Morgan fingerprint density at radius 2 is 1.66 bits per heavy atom. The highest BCUT2D eigenvalue weighted by molar-refractivity contribution is 6.15. The number of carboxylic acid groups (broad SMARTS) is 1. The largest absolute Gasteiger partial charge is 0.506 e. The second kappa shape index (κ2) is 20.7. The Kier molecular flexibility index (Phi) is 16.1. The number of rotatable bonds is 22. The number of carbonyl (C=O) groups is 7. The van der Waals surface area contributed by atoms with Crippen molar-refractivity contribution in [2.24, 2.45) is 17.6 Å². The van der Waals surface area contributed by atoms with Crippen molar-refractivity contribution in [1.82, 2.24) is 15.5 Å². The number of benzene rings is 2. The molecule has 1 aliphatic rings. The topological polar surface area (TPSA) is 225 Å². The minimum absolute atomic E-state index is 0.0130. The van der Waals surface area contributed by atoms with E-state index in [1.807, 2.05) is 0 Å². The van der Waals surface area contributed by atoms with E-state index >= 15 is 0 Å². The molecule has 0 aromatic heterocycles. The summed E-state index contributed by atoms with van der Waals surface area (Å²) >= 11 is 0. The number of hydrogen-bond acceptors (Lipinski definition) is 10. The zero-order valence-corrected chi connectivity index (χ0v) is 29.5. The van der Waals surface area contributed by atoms with E-state index in [0.29, 0.717) is 29.0 Å². The Balaban J connectivity index is 1.49. The fourth-order valence-corrected chi connectivity index (χ4v) is 5.24. The molecule has 0 bridgehead atoms. The molecule has 16 nitrogen and oxygen atoms in total. The summed E-state index contributed by atoms with van der Waals surface area (Å²) in [6, 6.07) is 11.0. The number of Topliss-reactive ketones (excluding diaryl/α,β-unsaturated/α-hetero) is 2. The molecule has 5 amide bonds. The lowest BCUT2D eigenvalue weighted by atomic mass is 9.88. The van der Waals surface area contributed by atoms with Crippen molar-refractivity contribution in [1.29, 1.82) is 0 Å². The first-order valence-corrected chi connectivity index (χ1v) is 16.9. The molecule has 2 aromatic rings. The van der Waals surface area contributed by atoms with Gasteiger partial charge in [-0.25, -0.2) is 14.4 Å². The van der Waals surface area contributed by atoms with E-state index in [2.05, 4.69) is 20.2 Å². The maximum Gasteiger partial charge on any atom is 0.506 e. The van der Waals surface area contributed by atoms with E-state index in [4.69, 9.17) is 26.9 Å². The van der Waals surface area contributed by atoms with E-state index in [1.165, 1.54) is 24.3 Å². The van der Waals surface area contributed by atoms with Crippen LogP contribution in [0.3, 0.4) is 0 Å². The Morgan fingerprint density at radius 1 is 0.981 bits per heavy atom. The molecule has 53 heavy (non-hydrogen) atoms. The van der Waals surface area contributed by atoms with Gasteiger partial charge in [-0.05, 0) is 42.0 Å². The normalized spacial score (nSPS) is 13.5. The van der Waals surface area contributed by atoms with Crippen LogP contribution in [0, 0.1) is 18.4 Å². The van der Waals surface area contributed by atoms with Gasteiger partial charge in [0, 0.05) is 31.7 Å². The van der Waals surface area contributed by atoms with Gasteiger partial charge in [0.05, 0.1) is 38.4 Å². The van der Waals surface area contributed by atoms with Crippen molar-refractivity contribution in [3.05, 3.63) is 82.9 Å². The van der Waals surface area contributed by atoms with Crippen LogP contribution in [0.1, 0.15) is 50.7 Å². The van der Waals surface area contributed by atoms with Gasteiger partial charge in [-0.3, -0.25) is 28.9 Å². The number of nitrogens with zero attached hydrogens (tertiary/aromatic N) is 2. The van der Waals surface area contributed by atoms with Crippen molar-refractivity contribution in [2.75, 3.05) is 26.3 Å². The summed E-state index contributed by atoms with van der Waals surface area (Å²) in [4.78, 5) is 90.8. The summed E-state index contributed by atoms with van der Waals surface area (Å²) in [5.74, 6) is -3.12. The van der Waals surface area contributed by atoms with E-state index in [9.17, 15) is 33.6 Å². The highest BCUT2D eigenvalue weighted by Crippen LogP contribution is 2.23. The predicted octanol–water partition coefficient (Wildman–Crippen LogP) is 3.45. The highest BCUT2D eigenvalue weighted by Gasteiger charge is 2.33. The quantitative estimate of drug-likeness (QED) is 0.0593. The molecule has 0 saturated carbocycles. The molecule has 2 atom stereocenters. The van der Waals surface area contributed by atoms with Gasteiger partial charge < -0.3 is 35.7 Å². The van der Waals surface area contributed by atoms with E-state index < -0.39 is 41.9 Å². The summed E-state index contributed by atoms with van der Waals surface area (Å²) in [5, 5.41) is 13.9. The molecule has 5 N–H and O–H groups in total. The number of nitrogens with one attached hydrogen (secondary N) is 2. The Hall–Kier alpha value is -6.08. The number of hydrogen-bond donors (Lipinski definition) is 4. The summed E-state index contributed by atoms with van der Waals surface area (Å²) in [5.41, 5.74) is 6.76. The Morgan fingerprint density at radius 3 is 2.28 bits per heavy atom. The van der Waals surface area contributed by atoms with Crippen molar-refractivity contribution < 1.29 is 52.9 Å². The molecule has 0 fully saturated rings. The average Bonchev–Trinajstić information content (AvgIpc) is 3.38. The van der Waals surface area contributed by atoms with Crippen LogP contribution < -0.4 is 21.1 Å². The third-order valence-corrected chi connectivity index (χ3v) is 8.18. The molecule has 16 heteroatoms. The van der Waals surface area contributed by atoms with Gasteiger partial charge in [-0.15, -0.1) is 0 Å². The zero-order chi connectivity index (χ0) is 38.9. The van der Waals surface area contributed by atoms with Crippen LogP contribution in [-0.2, 0) is 46.5 Å². The van der Waals surface area contributed by atoms with Gasteiger partial charge >= 0.3 is 12.2 Å². The maximum atomic E-state index is 13.5. The smallest absolute Gasteiger partial charge is 0.451 e. The monoisotopic (exact) mass is 733 g/mol. The first-order chi connectivity index (χ1) is 25.3. The predicted molar refractivity (Wildman–Crippen MR) is 188 cm³/mol. The number of ketones is 2. The molecule has 0 unspecified atom stereocenters. The third kappa shape index (κ3) is 13.9. The van der Waals surface area contributed by atoms with E-state index in [1.54, 1.807) is 38.1 Å². The summed E-state index contributed by atoms with van der Waals surface area (Å²) in [6.45, 7) is 10.5. The number of imide groups is 1. The average molecular weight is 734 g/mol. The molecule has 1 heterocycles. The van der Waals surface area contributed by atoms with Gasteiger partial charge in [0.15, 0.2) is 17.2 Å². The van der Waals surface area contributed by atoms with Crippen LogP contribution in [0.4, 0.5) is 15.3 Å². The molecule has 0 radical (unpaired) electrons. The lowest BCUT2D eigenvalue weighted by Gasteiger charge is -2.24. The second-order valence-electron chi connectivity index (χ2n) is 12.5. The first kappa shape index (κ1) is 41.3.